The Bertz CT molecular complexity index is 698. The largest absolute Gasteiger partial charge is 0.374 e. The maximum atomic E-state index is 12.1. The maximum absolute atomic E-state index is 12.1. The zero-order valence-electron chi connectivity index (χ0n) is 13.1. The fourth-order valence-electron chi connectivity index (χ4n) is 2.07. The van der Waals surface area contributed by atoms with E-state index in [1.54, 1.807) is 19.1 Å². The summed E-state index contributed by atoms with van der Waals surface area (Å²) in [6.45, 7) is 4.16. The van der Waals surface area contributed by atoms with Gasteiger partial charge in [-0.3, -0.25) is 14.9 Å². The molecular weight excluding hydrogens is 294 g/mol. The third-order valence-electron chi connectivity index (χ3n) is 3.42. The van der Waals surface area contributed by atoms with E-state index >= 15 is 0 Å². The van der Waals surface area contributed by atoms with Crippen molar-refractivity contribution in [3.8, 4) is 0 Å². The highest BCUT2D eigenvalue weighted by Gasteiger charge is 2.13. The highest BCUT2D eigenvalue weighted by Crippen LogP contribution is 2.17. The number of benzene rings is 2. The van der Waals surface area contributed by atoms with Gasteiger partial charge >= 0.3 is 0 Å². The van der Waals surface area contributed by atoms with E-state index in [2.05, 4.69) is 10.6 Å². The maximum Gasteiger partial charge on any atom is 0.271 e. The molecule has 1 amide bonds. The third-order valence-corrected chi connectivity index (χ3v) is 3.42. The van der Waals surface area contributed by atoms with Crippen LogP contribution in [0.3, 0.4) is 0 Å². The van der Waals surface area contributed by atoms with Crippen LogP contribution in [0, 0.1) is 17.0 Å². The van der Waals surface area contributed by atoms with Crippen LogP contribution in [0.25, 0.3) is 0 Å². The normalized spacial score (nSPS) is 11.6. The molecule has 2 aromatic carbocycles. The van der Waals surface area contributed by atoms with Crippen molar-refractivity contribution in [2.24, 2.45) is 0 Å². The second-order valence-corrected chi connectivity index (χ2v) is 5.38. The van der Waals surface area contributed by atoms with Gasteiger partial charge in [0.05, 0.1) is 4.92 Å². The second-order valence-electron chi connectivity index (χ2n) is 5.38. The summed E-state index contributed by atoms with van der Waals surface area (Å²) in [5.41, 5.74) is 2.71. The van der Waals surface area contributed by atoms with E-state index in [0.29, 0.717) is 12.2 Å². The van der Waals surface area contributed by atoms with Crippen LogP contribution in [-0.4, -0.2) is 16.9 Å². The third kappa shape index (κ3) is 4.81. The predicted octanol–water partition coefficient (Wildman–Crippen LogP) is 3.02. The monoisotopic (exact) mass is 313 g/mol. The number of nitro groups is 1. The lowest BCUT2D eigenvalue weighted by atomic mass is 10.1. The Hall–Kier alpha value is -2.89. The van der Waals surface area contributed by atoms with Gasteiger partial charge in [0.15, 0.2) is 0 Å². The molecule has 0 saturated heterocycles. The van der Waals surface area contributed by atoms with E-state index in [4.69, 9.17) is 0 Å². The van der Waals surface area contributed by atoms with E-state index in [1.165, 1.54) is 17.7 Å². The fourth-order valence-corrected chi connectivity index (χ4v) is 2.07. The zero-order chi connectivity index (χ0) is 16.8. The number of anilines is 1. The van der Waals surface area contributed by atoms with Gasteiger partial charge in [0.1, 0.15) is 6.04 Å². The first kappa shape index (κ1) is 16.5. The molecule has 2 rings (SSSR count). The van der Waals surface area contributed by atoms with Crippen LogP contribution in [0.1, 0.15) is 18.1 Å². The van der Waals surface area contributed by atoms with Gasteiger partial charge in [0.2, 0.25) is 5.91 Å². The van der Waals surface area contributed by atoms with Crippen LogP contribution in [-0.2, 0) is 11.3 Å². The zero-order valence-corrected chi connectivity index (χ0v) is 13.1. The van der Waals surface area contributed by atoms with Crippen molar-refractivity contribution in [3.05, 3.63) is 69.8 Å². The Labute approximate surface area is 134 Å². The Morgan fingerprint density at radius 3 is 2.57 bits per heavy atom. The molecule has 0 fully saturated rings. The number of nitrogens with zero attached hydrogens (tertiary/aromatic N) is 1. The molecule has 2 N–H and O–H groups in total. The molecule has 0 radical (unpaired) electrons. The van der Waals surface area contributed by atoms with Crippen molar-refractivity contribution in [2.75, 3.05) is 5.32 Å². The molecule has 0 heterocycles. The summed E-state index contributed by atoms with van der Waals surface area (Å²) in [4.78, 5) is 22.4. The smallest absolute Gasteiger partial charge is 0.271 e. The molecule has 0 unspecified atom stereocenters. The molecule has 6 heteroatoms. The van der Waals surface area contributed by atoms with Crippen molar-refractivity contribution in [3.63, 3.8) is 0 Å². The molecular formula is C17H19N3O3. The van der Waals surface area contributed by atoms with E-state index in [9.17, 15) is 14.9 Å². The minimum Gasteiger partial charge on any atom is -0.374 e. The molecule has 1 atom stereocenters. The van der Waals surface area contributed by atoms with Crippen LogP contribution in [0.5, 0.6) is 0 Å². The fraction of sp³-hybridized carbons (Fsp3) is 0.235. The van der Waals surface area contributed by atoms with Crippen molar-refractivity contribution < 1.29 is 9.72 Å². The van der Waals surface area contributed by atoms with Gasteiger partial charge in [-0.2, -0.15) is 0 Å². The Morgan fingerprint density at radius 1 is 1.22 bits per heavy atom. The summed E-state index contributed by atoms with van der Waals surface area (Å²) in [5.74, 6) is -0.169. The van der Waals surface area contributed by atoms with Crippen LogP contribution in [0.2, 0.25) is 0 Å². The van der Waals surface area contributed by atoms with Gasteiger partial charge in [0, 0.05) is 24.4 Å². The lowest BCUT2D eigenvalue weighted by molar-refractivity contribution is -0.384. The predicted molar refractivity (Wildman–Crippen MR) is 89.2 cm³/mol. The molecule has 0 aromatic heterocycles. The average Bonchev–Trinajstić information content (AvgIpc) is 2.54. The minimum absolute atomic E-state index is 0.0118. The topological polar surface area (TPSA) is 84.3 Å². The number of non-ortho nitro benzene ring substituents is 1. The van der Waals surface area contributed by atoms with E-state index in [0.717, 1.165) is 5.56 Å². The highest BCUT2D eigenvalue weighted by atomic mass is 16.6. The summed E-state index contributed by atoms with van der Waals surface area (Å²) in [5, 5.41) is 16.6. The molecule has 0 aliphatic carbocycles. The van der Waals surface area contributed by atoms with Gasteiger partial charge in [-0.15, -0.1) is 0 Å². The van der Waals surface area contributed by atoms with Crippen molar-refractivity contribution in [1.82, 2.24) is 5.32 Å². The molecule has 0 aliphatic rings. The summed E-state index contributed by atoms with van der Waals surface area (Å²) < 4.78 is 0. The minimum atomic E-state index is -0.498. The first-order chi connectivity index (χ1) is 11.0. The standard InChI is InChI=1S/C17H19N3O3/c1-12-6-8-14(9-7-12)11-18-17(21)13(2)19-15-4-3-5-16(10-15)20(22)23/h3-10,13,19H,11H2,1-2H3,(H,18,21)/t13-/m0/s1. The van der Waals surface area contributed by atoms with Gasteiger partial charge < -0.3 is 10.6 Å². The SMILES string of the molecule is Cc1ccc(CNC(=O)[C@H](C)Nc2cccc([N+](=O)[O-])c2)cc1. The van der Waals surface area contributed by atoms with Crippen molar-refractivity contribution >= 4 is 17.3 Å². The van der Waals surface area contributed by atoms with Gasteiger partial charge in [0.25, 0.3) is 5.69 Å². The lowest BCUT2D eigenvalue weighted by Crippen LogP contribution is -2.37. The molecule has 6 nitrogen and oxygen atoms in total. The van der Waals surface area contributed by atoms with E-state index < -0.39 is 11.0 Å². The molecule has 0 bridgehead atoms. The second kappa shape index (κ2) is 7.40. The Morgan fingerprint density at radius 2 is 1.91 bits per heavy atom. The van der Waals surface area contributed by atoms with Crippen LogP contribution >= 0.6 is 0 Å². The van der Waals surface area contributed by atoms with Gasteiger partial charge in [-0.05, 0) is 25.5 Å². The summed E-state index contributed by atoms with van der Waals surface area (Å²) in [6.07, 6.45) is 0. The summed E-state index contributed by atoms with van der Waals surface area (Å²) in [7, 11) is 0. The first-order valence-electron chi connectivity index (χ1n) is 7.30. The molecule has 2 aromatic rings. The van der Waals surface area contributed by atoms with Crippen LogP contribution in [0.15, 0.2) is 48.5 Å². The molecule has 0 spiro atoms. The summed E-state index contributed by atoms with van der Waals surface area (Å²) >= 11 is 0. The molecule has 23 heavy (non-hydrogen) atoms. The first-order valence-corrected chi connectivity index (χ1v) is 7.30. The Balaban J connectivity index is 1.90. The average molecular weight is 313 g/mol. The number of carbonyl (C=O) groups is 1. The number of amides is 1. The molecule has 0 aliphatic heterocycles. The van der Waals surface area contributed by atoms with Gasteiger partial charge in [-0.1, -0.05) is 35.9 Å². The van der Waals surface area contributed by atoms with Gasteiger partial charge in [-0.25, -0.2) is 0 Å². The number of rotatable bonds is 6. The summed E-state index contributed by atoms with van der Waals surface area (Å²) in [6, 6.07) is 13.5. The number of nitro benzene ring substituents is 1. The number of aryl methyl sites for hydroxylation is 1. The molecule has 120 valence electrons. The Kier molecular flexibility index (Phi) is 5.30. The van der Waals surface area contributed by atoms with Crippen LogP contribution < -0.4 is 10.6 Å². The quantitative estimate of drug-likeness (QED) is 0.634. The number of nitrogens with one attached hydrogen (secondary N) is 2. The number of hydrogen-bond acceptors (Lipinski definition) is 4. The highest BCUT2D eigenvalue weighted by molar-refractivity contribution is 5.84. The number of carbonyl (C=O) groups excluding carboxylic acids is 1. The van der Waals surface area contributed by atoms with E-state index in [-0.39, 0.29) is 11.6 Å². The molecule has 0 saturated carbocycles. The van der Waals surface area contributed by atoms with E-state index in [1.807, 2.05) is 31.2 Å². The lowest BCUT2D eigenvalue weighted by Gasteiger charge is -2.15. The number of hydrogen-bond donors (Lipinski definition) is 2. The van der Waals surface area contributed by atoms with Crippen molar-refractivity contribution in [2.45, 2.75) is 26.4 Å². The van der Waals surface area contributed by atoms with Crippen molar-refractivity contribution in [1.29, 1.82) is 0 Å². The van der Waals surface area contributed by atoms with Crippen LogP contribution in [0.4, 0.5) is 11.4 Å².